The van der Waals surface area contributed by atoms with Gasteiger partial charge >= 0.3 is 5.97 Å². The van der Waals surface area contributed by atoms with Crippen LogP contribution >= 0.6 is 0 Å². The van der Waals surface area contributed by atoms with E-state index in [9.17, 15) is 40.5 Å². The third kappa shape index (κ3) is 4.11. The molecule has 1 aliphatic heterocycles. The molecule has 1 fully saturated rings. The van der Waals surface area contributed by atoms with Gasteiger partial charge in [0.25, 0.3) is 0 Å². The zero-order valence-electron chi connectivity index (χ0n) is 14.9. The van der Waals surface area contributed by atoms with Crippen LogP contribution in [0.2, 0.25) is 0 Å². The molecule has 0 aliphatic carbocycles. The summed E-state index contributed by atoms with van der Waals surface area (Å²) in [6, 6.07) is 7.74. The largest absolute Gasteiger partial charge is 0.508 e. The van der Waals surface area contributed by atoms with Gasteiger partial charge in [0.1, 0.15) is 47.2 Å². The summed E-state index contributed by atoms with van der Waals surface area (Å²) in [7, 11) is 0. The molecule has 10 nitrogen and oxygen atoms in total. The molecule has 5 atom stereocenters. The summed E-state index contributed by atoms with van der Waals surface area (Å²) < 4.78 is 10.2. The number of esters is 1. The van der Waals surface area contributed by atoms with Crippen LogP contribution in [0.15, 0.2) is 36.4 Å². The smallest absolute Gasteiger partial charge is 0.344 e. The maximum Gasteiger partial charge on any atom is 0.344 e. The number of aromatic hydroxyl groups is 3. The first kappa shape index (κ1) is 20.8. The molecule has 0 saturated carbocycles. The van der Waals surface area contributed by atoms with E-state index in [1.165, 1.54) is 30.3 Å². The Morgan fingerprint density at radius 2 is 1.69 bits per heavy atom. The van der Waals surface area contributed by atoms with E-state index in [0.717, 1.165) is 6.07 Å². The lowest BCUT2D eigenvalue weighted by Gasteiger charge is -2.39. The van der Waals surface area contributed by atoms with E-state index in [4.69, 9.17) is 9.47 Å². The zero-order chi connectivity index (χ0) is 21.3. The minimum absolute atomic E-state index is 0.0213. The molecule has 7 N–H and O–H groups in total. The van der Waals surface area contributed by atoms with Crippen molar-refractivity contribution in [2.75, 3.05) is 6.61 Å². The van der Waals surface area contributed by atoms with Gasteiger partial charge in [-0.25, -0.2) is 4.79 Å². The van der Waals surface area contributed by atoms with Crippen LogP contribution in [0, 0.1) is 0 Å². The Labute approximate surface area is 164 Å². The van der Waals surface area contributed by atoms with Crippen molar-refractivity contribution in [3.05, 3.63) is 42.0 Å². The lowest BCUT2D eigenvalue weighted by atomic mass is 9.97. The van der Waals surface area contributed by atoms with Crippen molar-refractivity contribution >= 4 is 5.97 Å². The fourth-order valence-electron chi connectivity index (χ4n) is 3.06. The molecule has 3 rings (SSSR count). The Balaban J connectivity index is 1.95. The van der Waals surface area contributed by atoms with Crippen LogP contribution in [0.4, 0.5) is 0 Å². The first-order valence-electron chi connectivity index (χ1n) is 8.59. The Bertz CT molecular complexity index is 897. The highest BCUT2D eigenvalue weighted by atomic mass is 16.7. The van der Waals surface area contributed by atoms with Gasteiger partial charge in [-0.1, -0.05) is 12.1 Å². The first-order chi connectivity index (χ1) is 13.7. The SMILES string of the molecule is O=C(O[C@@H]1O[C@H](CO)[C@@H](O)[C@H](O)[C@H]1O)c1c(O)cc(O)cc1-c1cccc(O)c1. The highest BCUT2D eigenvalue weighted by molar-refractivity contribution is 6.00. The molecule has 2 aromatic rings. The van der Waals surface area contributed by atoms with Crippen molar-refractivity contribution in [2.45, 2.75) is 30.7 Å². The molecule has 0 bridgehead atoms. The number of ether oxygens (including phenoxy) is 2. The van der Waals surface area contributed by atoms with Crippen molar-refractivity contribution in [1.29, 1.82) is 0 Å². The topological polar surface area (TPSA) is 177 Å². The maximum absolute atomic E-state index is 12.7. The minimum Gasteiger partial charge on any atom is -0.508 e. The Morgan fingerprint density at radius 3 is 2.34 bits per heavy atom. The molecule has 2 aromatic carbocycles. The third-order valence-electron chi connectivity index (χ3n) is 4.54. The minimum atomic E-state index is -1.82. The van der Waals surface area contributed by atoms with E-state index < -0.39 is 54.6 Å². The first-order valence-corrected chi connectivity index (χ1v) is 8.59. The number of aliphatic hydroxyl groups is 4. The van der Waals surface area contributed by atoms with Gasteiger partial charge in [-0.2, -0.15) is 0 Å². The van der Waals surface area contributed by atoms with Crippen LogP contribution in [0.25, 0.3) is 11.1 Å². The van der Waals surface area contributed by atoms with Gasteiger partial charge < -0.3 is 45.2 Å². The Morgan fingerprint density at radius 1 is 0.966 bits per heavy atom. The second-order valence-corrected chi connectivity index (χ2v) is 6.54. The number of hydrogen-bond donors (Lipinski definition) is 7. The number of hydrogen-bond acceptors (Lipinski definition) is 10. The summed E-state index contributed by atoms with van der Waals surface area (Å²) in [5, 5.41) is 68.5. The van der Waals surface area contributed by atoms with Crippen molar-refractivity contribution < 1.29 is 50.0 Å². The van der Waals surface area contributed by atoms with Gasteiger partial charge in [0.15, 0.2) is 0 Å². The van der Waals surface area contributed by atoms with Gasteiger partial charge in [-0.15, -0.1) is 0 Å². The van der Waals surface area contributed by atoms with E-state index >= 15 is 0 Å². The number of phenolic OH excluding ortho intramolecular Hbond substituents is 3. The molecule has 0 amide bonds. The average molecular weight is 408 g/mol. The van der Waals surface area contributed by atoms with Gasteiger partial charge in [0, 0.05) is 11.6 Å². The predicted molar refractivity (Wildman–Crippen MR) is 96.1 cm³/mol. The molecule has 156 valence electrons. The van der Waals surface area contributed by atoms with Crippen LogP contribution in [-0.4, -0.2) is 79.0 Å². The molecule has 29 heavy (non-hydrogen) atoms. The third-order valence-corrected chi connectivity index (χ3v) is 4.54. The maximum atomic E-state index is 12.7. The molecule has 1 saturated heterocycles. The molecule has 1 heterocycles. The normalized spacial score (nSPS) is 26.8. The van der Waals surface area contributed by atoms with Gasteiger partial charge in [-0.3, -0.25) is 0 Å². The molecular formula is C19H20O10. The van der Waals surface area contributed by atoms with Crippen LogP contribution in [0.3, 0.4) is 0 Å². The quantitative estimate of drug-likeness (QED) is 0.324. The summed E-state index contributed by atoms with van der Waals surface area (Å²) >= 11 is 0. The predicted octanol–water partition coefficient (Wildman–Crippen LogP) is -0.573. The zero-order valence-corrected chi connectivity index (χ0v) is 14.9. The summed E-state index contributed by atoms with van der Waals surface area (Å²) in [5.74, 6) is -2.30. The van der Waals surface area contributed by atoms with Gasteiger partial charge in [0.2, 0.25) is 6.29 Å². The lowest BCUT2D eigenvalue weighted by molar-refractivity contribution is -0.285. The van der Waals surface area contributed by atoms with Crippen LogP contribution in [0.5, 0.6) is 17.2 Å². The molecule has 0 unspecified atom stereocenters. The highest BCUT2D eigenvalue weighted by Gasteiger charge is 2.45. The van der Waals surface area contributed by atoms with Crippen LogP contribution in [-0.2, 0) is 9.47 Å². The summed E-state index contributed by atoms with van der Waals surface area (Å²) in [6.45, 7) is -0.710. The summed E-state index contributed by atoms with van der Waals surface area (Å²) in [5.41, 5.74) is -0.102. The Kier molecular flexibility index (Phi) is 5.91. The monoisotopic (exact) mass is 408 g/mol. The van der Waals surface area contributed by atoms with E-state index in [1.54, 1.807) is 0 Å². The molecule has 0 aromatic heterocycles. The van der Waals surface area contributed by atoms with Crippen molar-refractivity contribution in [3.63, 3.8) is 0 Å². The highest BCUT2D eigenvalue weighted by Crippen LogP contribution is 2.36. The number of carbonyl (C=O) groups excluding carboxylic acids is 1. The summed E-state index contributed by atoms with van der Waals surface area (Å²) in [6.07, 6.45) is -8.23. The van der Waals surface area contributed by atoms with Crippen molar-refractivity contribution in [3.8, 4) is 28.4 Å². The van der Waals surface area contributed by atoms with Crippen LogP contribution in [0.1, 0.15) is 10.4 Å². The van der Waals surface area contributed by atoms with Gasteiger partial charge in [-0.05, 0) is 23.8 Å². The fourth-order valence-corrected chi connectivity index (χ4v) is 3.06. The lowest BCUT2D eigenvalue weighted by Crippen LogP contribution is -2.59. The molecule has 0 radical (unpaired) electrons. The molecule has 1 aliphatic rings. The molecular weight excluding hydrogens is 388 g/mol. The molecule has 0 spiro atoms. The van der Waals surface area contributed by atoms with E-state index in [1.807, 2.05) is 0 Å². The number of rotatable bonds is 4. The summed E-state index contributed by atoms with van der Waals surface area (Å²) in [4.78, 5) is 12.7. The van der Waals surface area contributed by atoms with E-state index in [0.29, 0.717) is 0 Å². The second-order valence-electron chi connectivity index (χ2n) is 6.54. The standard InChI is InChI=1S/C19H20O10/c20-7-13-15(24)16(25)17(26)19(28-13)29-18(27)14-11(5-10(22)6-12(14)23)8-2-1-3-9(21)4-8/h1-6,13,15-17,19-26H,7H2/t13-,15-,16+,17-,19+/m1/s1. The number of phenols is 3. The van der Waals surface area contributed by atoms with Crippen molar-refractivity contribution in [2.24, 2.45) is 0 Å². The van der Waals surface area contributed by atoms with Crippen LogP contribution < -0.4 is 0 Å². The van der Waals surface area contributed by atoms with E-state index in [-0.39, 0.29) is 22.6 Å². The van der Waals surface area contributed by atoms with E-state index in [2.05, 4.69) is 0 Å². The fraction of sp³-hybridized carbons (Fsp3) is 0.316. The number of benzene rings is 2. The molecule has 10 heteroatoms. The number of carbonyl (C=O) groups is 1. The van der Waals surface area contributed by atoms with Gasteiger partial charge in [0.05, 0.1) is 6.61 Å². The Hall–Kier alpha value is -2.89. The average Bonchev–Trinajstić information content (AvgIpc) is 2.67. The second kappa shape index (κ2) is 8.23. The van der Waals surface area contributed by atoms with Crippen molar-refractivity contribution in [1.82, 2.24) is 0 Å². The number of aliphatic hydroxyl groups excluding tert-OH is 4.